The highest BCUT2D eigenvalue weighted by Crippen LogP contribution is 2.43. The normalized spacial score (nSPS) is 14.5. The number of carbonyl (C=O) groups is 1. The van der Waals surface area contributed by atoms with Gasteiger partial charge in [-0.2, -0.15) is 5.10 Å². The average molecular weight is 436 g/mol. The summed E-state index contributed by atoms with van der Waals surface area (Å²) in [7, 11) is 0. The molecule has 3 aromatic heterocycles. The van der Waals surface area contributed by atoms with Crippen molar-refractivity contribution in [2.24, 2.45) is 0 Å². The van der Waals surface area contributed by atoms with Crippen molar-refractivity contribution >= 4 is 33.5 Å². The number of ether oxygens (including phenoxy) is 2. The van der Waals surface area contributed by atoms with E-state index in [2.05, 4.69) is 29.5 Å². The number of alkyl halides is 2. The first-order valence-electron chi connectivity index (χ1n) is 9.55. The fraction of sp³-hybridized carbons (Fsp3) is 0.0952. The summed E-state index contributed by atoms with van der Waals surface area (Å²) in [6, 6.07) is 9.77. The number of hydrogen-bond donors (Lipinski definition) is 3. The molecule has 0 atom stereocenters. The summed E-state index contributed by atoms with van der Waals surface area (Å²) in [5.74, 6) is 0.338. The van der Waals surface area contributed by atoms with Crippen molar-refractivity contribution in [1.82, 2.24) is 24.7 Å². The Balaban J connectivity index is 1.36. The van der Waals surface area contributed by atoms with Crippen LogP contribution < -0.4 is 15.2 Å². The van der Waals surface area contributed by atoms with E-state index in [0.29, 0.717) is 16.6 Å². The van der Waals surface area contributed by atoms with Crippen LogP contribution in [0.4, 0.5) is 14.6 Å². The number of nitrogens with two attached hydrogens (primary N) is 1. The second kappa shape index (κ2) is 6.06. The predicted molar refractivity (Wildman–Crippen MR) is 110 cm³/mol. The summed E-state index contributed by atoms with van der Waals surface area (Å²) in [4.78, 5) is 23.5. The van der Waals surface area contributed by atoms with Gasteiger partial charge in [0.15, 0.2) is 11.5 Å². The lowest BCUT2D eigenvalue weighted by Gasteiger charge is -2.05. The van der Waals surface area contributed by atoms with Crippen molar-refractivity contribution in [3.8, 4) is 17.2 Å². The van der Waals surface area contributed by atoms with Crippen LogP contribution in [0, 0.1) is 6.92 Å². The molecule has 11 heteroatoms. The quantitative estimate of drug-likeness (QED) is 0.371. The van der Waals surface area contributed by atoms with Crippen molar-refractivity contribution in [3.63, 3.8) is 0 Å². The van der Waals surface area contributed by atoms with Crippen molar-refractivity contribution in [2.75, 3.05) is 5.73 Å². The Hall–Kier alpha value is -4.41. The molecule has 2 aromatic carbocycles. The van der Waals surface area contributed by atoms with E-state index < -0.39 is 12.1 Å². The molecule has 0 unspecified atom stereocenters. The van der Waals surface area contributed by atoms with Crippen molar-refractivity contribution in [2.45, 2.75) is 13.2 Å². The van der Waals surface area contributed by atoms with E-state index in [1.165, 1.54) is 29.1 Å². The number of carbonyl (C=O) groups excluding carboxylic acids is 1. The van der Waals surface area contributed by atoms with Crippen molar-refractivity contribution < 1.29 is 23.0 Å². The van der Waals surface area contributed by atoms with E-state index in [1.54, 1.807) is 0 Å². The summed E-state index contributed by atoms with van der Waals surface area (Å²) < 4.78 is 36.9. The van der Waals surface area contributed by atoms with Crippen LogP contribution in [0.15, 0.2) is 42.6 Å². The highest BCUT2D eigenvalue weighted by atomic mass is 19.3. The number of halogens is 2. The molecule has 6 rings (SSSR count). The molecule has 0 spiro atoms. The van der Waals surface area contributed by atoms with E-state index in [4.69, 9.17) is 5.73 Å². The Kier molecular flexibility index (Phi) is 3.48. The van der Waals surface area contributed by atoms with E-state index in [9.17, 15) is 13.6 Å². The Morgan fingerprint density at radius 3 is 2.69 bits per heavy atom. The third kappa shape index (κ3) is 2.71. The second-order valence-corrected chi connectivity index (χ2v) is 7.44. The smallest absolute Gasteiger partial charge is 0.395 e. The van der Waals surface area contributed by atoms with Gasteiger partial charge < -0.3 is 25.2 Å². The van der Waals surface area contributed by atoms with Gasteiger partial charge in [-0.15, -0.1) is 8.78 Å². The third-order valence-corrected chi connectivity index (χ3v) is 5.27. The first-order valence-corrected chi connectivity index (χ1v) is 9.55. The molecular formula is C21H14F2N6O3. The van der Waals surface area contributed by atoms with Gasteiger partial charge >= 0.3 is 6.29 Å². The number of rotatable bonds is 3. The number of nitrogens with one attached hydrogen (secondary N) is 2. The molecule has 160 valence electrons. The van der Waals surface area contributed by atoms with Crippen LogP contribution in [0.3, 0.4) is 0 Å². The van der Waals surface area contributed by atoms with Crippen LogP contribution in [-0.2, 0) is 0 Å². The Morgan fingerprint density at radius 2 is 1.88 bits per heavy atom. The summed E-state index contributed by atoms with van der Waals surface area (Å²) in [6.07, 6.45) is -2.32. The minimum Gasteiger partial charge on any atom is -0.395 e. The van der Waals surface area contributed by atoms with Gasteiger partial charge in [0.05, 0.1) is 34.2 Å². The van der Waals surface area contributed by atoms with E-state index in [0.717, 1.165) is 16.9 Å². The van der Waals surface area contributed by atoms with Crippen molar-refractivity contribution in [3.05, 3.63) is 59.7 Å². The predicted octanol–water partition coefficient (Wildman–Crippen LogP) is 3.67. The van der Waals surface area contributed by atoms with E-state index in [1.807, 2.05) is 25.1 Å². The summed E-state index contributed by atoms with van der Waals surface area (Å²) >= 11 is 0. The second-order valence-electron chi connectivity index (χ2n) is 7.44. The molecule has 1 aliphatic rings. The number of fused-ring (bicyclic) bond motifs is 3. The number of aryl methyl sites for hydroxylation is 1. The number of hydrogen-bond acceptors (Lipinski definition) is 6. The number of ketones is 1. The number of anilines is 1. The molecule has 0 bridgehead atoms. The maximum Gasteiger partial charge on any atom is 0.586 e. The maximum absolute atomic E-state index is 13.3. The molecule has 0 amide bonds. The van der Waals surface area contributed by atoms with Gasteiger partial charge in [-0.3, -0.25) is 4.79 Å². The molecule has 0 saturated carbocycles. The van der Waals surface area contributed by atoms with Gasteiger partial charge in [-0.05, 0) is 37.3 Å². The maximum atomic E-state index is 13.3. The zero-order valence-corrected chi connectivity index (χ0v) is 16.4. The van der Waals surface area contributed by atoms with Gasteiger partial charge in [0.1, 0.15) is 11.6 Å². The van der Waals surface area contributed by atoms with E-state index in [-0.39, 0.29) is 28.6 Å². The standard InChI is InChI=1S/C21H14F2N6O3/c1-9-26-13-3-2-11(6-15(13)27-9)29-20(24)12(8-25-29)19(30)16-4-10-5-17-18(7-14(10)28-16)32-21(22,23)31-17/h2-8,28H,24H2,1H3,(H,26,27). The lowest BCUT2D eigenvalue weighted by molar-refractivity contribution is -0.286. The molecule has 5 aromatic rings. The number of aromatic nitrogens is 5. The average Bonchev–Trinajstić information content (AvgIpc) is 3.46. The molecule has 32 heavy (non-hydrogen) atoms. The number of H-pyrrole nitrogens is 2. The van der Waals surface area contributed by atoms with Crippen LogP contribution in [0.1, 0.15) is 21.9 Å². The van der Waals surface area contributed by atoms with Crippen LogP contribution in [0.2, 0.25) is 0 Å². The van der Waals surface area contributed by atoms with Crippen LogP contribution in [0.5, 0.6) is 11.5 Å². The van der Waals surface area contributed by atoms with Gasteiger partial charge in [0.25, 0.3) is 0 Å². The lowest BCUT2D eigenvalue weighted by Crippen LogP contribution is -2.25. The molecule has 0 fully saturated rings. The molecule has 0 aliphatic carbocycles. The molecule has 0 saturated heterocycles. The molecule has 0 radical (unpaired) electrons. The topological polar surface area (TPSA) is 124 Å². The fourth-order valence-electron chi connectivity index (χ4n) is 3.84. The third-order valence-electron chi connectivity index (χ3n) is 5.27. The Bertz CT molecular complexity index is 1520. The summed E-state index contributed by atoms with van der Waals surface area (Å²) in [5, 5.41) is 4.78. The lowest BCUT2D eigenvalue weighted by atomic mass is 10.1. The number of nitrogen functional groups attached to an aromatic ring is 1. The van der Waals surface area contributed by atoms with Gasteiger partial charge in [-0.25, -0.2) is 9.67 Å². The fourth-order valence-corrected chi connectivity index (χ4v) is 3.84. The first-order chi connectivity index (χ1) is 15.3. The minimum atomic E-state index is -3.71. The number of nitrogens with zero attached hydrogens (tertiary/aromatic N) is 3. The van der Waals surface area contributed by atoms with E-state index >= 15 is 0 Å². The zero-order valence-electron chi connectivity index (χ0n) is 16.4. The van der Waals surface area contributed by atoms with Crippen LogP contribution in [-0.4, -0.2) is 36.8 Å². The van der Waals surface area contributed by atoms with Crippen LogP contribution in [0.25, 0.3) is 27.6 Å². The summed E-state index contributed by atoms with van der Waals surface area (Å²) in [6.45, 7) is 1.86. The highest BCUT2D eigenvalue weighted by molar-refractivity contribution is 6.12. The monoisotopic (exact) mass is 436 g/mol. The Labute approximate surface area is 177 Å². The van der Waals surface area contributed by atoms with Crippen LogP contribution >= 0.6 is 0 Å². The first kappa shape index (κ1) is 18.4. The Morgan fingerprint density at radius 1 is 1.09 bits per heavy atom. The zero-order chi connectivity index (χ0) is 22.2. The largest absolute Gasteiger partial charge is 0.586 e. The van der Waals surface area contributed by atoms with Gasteiger partial charge in [0, 0.05) is 17.0 Å². The minimum absolute atomic E-state index is 0.100. The SMILES string of the molecule is Cc1nc2cc(-n3ncc(C(=O)c4cc5cc6c(cc5[nH]4)OC(F)(F)O6)c3N)ccc2[nH]1. The summed E-state index contributed by atoms with van der Waals surface area (Å²) in [5.41, 5.74) is 9.39. The van der Waals surface area contributed by atoms with Gasteiger partial charge in [0.2, 0.25) is 5.78 Å². The number of benzene rings is 2. The van der Waals surface area contributed by atoms with Gasteiger partial charge in [-0.1, -0.05) is 0 Å². The van der Waals surface area contributed by atoms with Crippen molar-refractivity contribution in [1.29, 1.82) is 0 Å². The number of aromatic amines is 2. The number of imidazole rings is 1. The molecule has 4 N–H and O–H groups in total. The molecule has 4 heterocycles. The highest BCUT2D eigenvalue weighted by Gasteiger charge is 2.43. The molecular weight excluding hydrogens is 422 g/mol. The molecule has 1 aliphatic heterocycles. The molecule has 9 nitrogen and oxygen atoms in total.